The highest BCUT2D eigenvalue weighted by Gasteiger charge is 2.13. The lowest BCUT2D eigenvalue weighted by Gasteiger charge is -2.04. The average molecular weight is 253 g/mol. The van der Waals surface area contributed by atoms with Gasteiger partial charge in [0.05, 0.1) is 0 Å². The number of hydrogen-bond donors (Lipinski definition) is 0. The predicted octanol–water partition coefficient (Wildman–Crippen LogP) is 2.64. The Morgan fingerprint density at radius 2 is 2.29 bits per heavy atom. The molecule has 88 valence electrons. The van der Waals surface area contributed by atoms with E-state index in [1.165, 1.54) is 18.2 Å². The number of halogens is 2. The second-order valence-electron chi connectivity index (χ2n) is 3.70. The van der Waals surface area contributed by atoms with Crippen LogP contribution in [0.2, 0.25) is 5.02 Å². The van der Waals surface area contributed by atoms with E-state index in [4.69, 9.17) is 11.6 Å². The zero-order valence-electron chi connectivity index (χ0n) is 9.15. The third-order valence-electron chi connectivity index (χ3n) is 2.44. The first kappa shape index (κ1) is 11.8. The minimum Gasteiger partial charge on any atom is -0.332 e. The van der Waals surface area contributed by atoms with E-state index in [1.807, 2.05) is 0 Å². The molecule has 0 unspecified atom stereocenters. The number of hydrogen-bond acceptors (Lipinski definition) is 2. The van der Waals surface area contributed by atoms with Crippen LogP contribution < -0.4 is 0 Å². The number of benzene rings is 1. The van der Waals surface area contributed by atoms with Gasteiger partial charge in [-0.25, -0.2) is 9.37 Å². The molecule has 0 aliphatic rings. The van der Waals surface area contributed by atoms with Crippen molar-refractivity contribution in [3.63, 3.8) is 0 Å². The molecule has 2 rings (SSSR count). The first-order chi connectivity index (χ1) is 8.08. The van der Waals surface area contributed by atoms with Crippen LogP contribution in [0, 0.1) is 5.82 Å². The van der Waals surface area contributed by atoms with E-state index in [0.717, 1.165) is 0 Å². The van der Waals surface area contributed by atoms with Gasteiger partial charge in [-0.1, -0.05) is 17.7 Å². The summed E-state index contributed by atoms with van der Waals surface area (Å²) in [6.45, 7) is 0. The fourth-order valence-corrected chi connectivity index (χ4v) is 1.79. The smallest absolute Gasteiger partial charge is 0.202 e. The molecule has 1 aromatic heterocycles. The lowest BCUT2D eigenvalue weighted by atomic mass is 10.1. The average Bonchev–Trinajstić information content (AvgIpc) is 2.68. The second-order valence-corrected chi connectivity index (χ2v) is 4.10. The highest BCUT2D eigenvalue weighted by molar-refractivity contribution is 6.31. The quantitative estimate of drug-likeness (QED) is 0.787. The van der Waals surface area contributed by atoms with Gasteiger partial charge in [-0.15, -0.1) is 0 Å². The molecule has 0 fully saturated rings. The zero-order valence-corrected chi connectivity index (χ0v) is 9.91. The highest BCUT2D eigenvalue weighted by atomic mass is 35.5. The van der Waals surface area contributed by atoms with Crippen molar-refractivity contribution >= 4 is 17.4 Å². The van der Waals surface area contributed by atoms with Gasteiger partial charge in [-0.2, -0.15) is 0 Å². The van der Waals surface area contributed by atoms with Crippen molar-refractivity contribution in [2.75, 3.05) is 0 Å². The van der Waals surface area contributed by atoms with Crippen molar-refractivity contribution < 1.29 is 9.18 Å². The van der Waals surface area contributed by atoms with Crippen molar-refractivity contribution in [3.05, 3.63) is 52.8 Å². The van der Waals surface area contributed by atoms with Crippen LogP contribution in [0.15, 0.2) is 30.6 Å². The van der Waals surface area contributed by atoms with Gasteiger partial charge in [-0.05, 0) is 17.7 Å². The molecule has 5 heteroatoms. The zero-order chi connectivity index (χ0) is 12.4. The van der Waals surface area contributed by atoms with E-state index in [0.29, 0.717) is 11.4 Å². The van der Waals surface area contributed by atoms with Crippen LogP contribution >= 0.6 is 11.6 Å². The Hall–Kier alpha value is -1.68. The maximum Gasteiger partial charge on any atom is 0.202 e. The van der Waals surface area contributed by atoms with E-state index in [1.54, 1.807) is 24.0 Å². The van der Waals surface area contributed by atoms with Crippen molar-refractivity contribution in [1.82, 2.24) is 9.55 Å². The summed E-state index contributed by atoms with van der Waals surface area (Å²) in [5.41, 5.74) is 0.598. The van der Waals surface area contributed by atoms with Crippen LogP contribution in [0.5, 0.6) is 0 Å². The molecular formula is C12H10ClFN2O. The molecule has 0 N–H and O–H groups in total. The fourth-order valence-electron chi connectivity index (χ4n) is 1.55. The molecule has 3 nitrogen and oxygen atoms in total. The lowest BCUT2D eigenvalue weighted by Crippen LogP contribution is -2.10. The van der Waals surface area contributed by atoms with Gasteiger partial charge in [0, 0.05) is 30.9 Å². The van der Waals surface area contributed by atoms with Crippen LogP contribution in [0.25, 0.3) is 0 Å². The van der Waals surface area contributed by atoms with Gasteiger partial charge in [0.15, 0.2) is 5.82 Å². The molecule has 1 aromatic carbocycles. The number of nitrogens with zero attached hydrogens (tertiary/aromatic N) is 2. The number of aromatic nitrogens is 2. The molecule has 0 aliphatic carbocycles. The van der Waals surface area contributed by atoms with Crippen LogP contribution in [-0.2, 0) is 13.5 Å². The van der Waals surface area contributed by atoms with E-state index in [-0.39, 0.29) is 17.2 Å². The van der Waals surface area contributed by atoms with Crippen LogP contribution in [0.1, 0.15) is 16.2 Å². The number of imidazole rings is 1. The SMILES string of the molecule is Cn1ccnc1C(=O)Cc1ccc(F)cc1Cl. The highest BCUT2D eigenvalue weighted by Crippen LogP contribution is 2.18. The maximum absolute atomic E-state index is 12.8. The molecule has 0 saturated carbocycles. The Labute approximate surface area is 103 Å². The largest absolute Gasteiger partial charge is 0.332 e. The molecule has 17 heavy (non-hydrogen) atoms. The molecule has 0 spiro atoms. The summed E-state index contributed by atoms with van der Waals surface area (Å²) in [6.07, 6.45) is 3.36. The molecule has 0 bridgehead atoms. The number of carbonyl (C=O) groups is 1. The lowest BCUT2D eigenvalue weighted by molar-refractivity contribution is 0.0980. The van der Waals surface area contributed by atoms with E-state index >= 15 is 0 Å². The minimum absolute atomic E-state index is 0.115. The Bertz CT molecular complexity index is 565. The summed E-state index contributed by atoms with van der Waals surface area (Å²) in [4.78, 5) is 15.9. The van der Waals surface area contributed by atoms with Gasteiger partial charge in [-0.3, -0.25) is 4.79 Å². The van der Waals surface area contributed by atoms with Gasteiger partial charge in [0.2, 0.25) is 5.78 Å². The summed E-state index contributed by atoms with van der Waals surface area (Å²) in [5, 5.41) is 0.257. The van der Waals surface area contributed by atoms with E-state index in [9.17, 15) is 9.18 Å². The summed E-state index contributed by atoms with van der Waals surface area (Å²) < 4.78 is 14.5. The Kier molecular flexibility index (Phi) is 3.24. The Morgan fingerprint density at radius 1 is 1.53 bits per heavy atom. The fraction of sp³-hybridized carbons (Fsp3) is 0.167. The molecule has 0 radical (unpaired) electrons. The van der Waals surface area contributed by atoms with Crippen molar-refractivity contribution in [1.29, 1.82) is 0 Å². The van der Waals surface area contributed by atoms with Crippen molar-refractivity contribution in [3.8, 4) is 0 Å². The second kappa shape index (κ2) is 4.67. The van der Waals surface area contributed by atoms with E-state index in [2.05, 4.69) is 4.98 Å². The number of ketones is 1. The van der Waals surface area contributed by atoms with Gasteiger partial charge in [0.1, 0.15) is 5.82 Å². The first-order valence-electron chi connectivity index (χ1n) is 5.02. The van der Waals surface area contributed by atoms with Crippen LogP contribution in [0.4, 0.5) is 4.39 Å². The van der Waals surface area contributed by atoms with Gasteiger partial charge < -0.3 is 4.57 Å². The molecular weight excluding hydrogens is 243 g/mol. The molecule has 0 saturated heterocycles. The molecule has 2 aromatic rings. The topological polar surface area (TPSA) is 34.9 Å². The van der Waals surface area contributed by atoms with E-state index < -0.39 is 5.82 Å². The first-order valence-corrected chi connectivity index (χ1v) is 5.40. The number of Topliss-reactive ketones (excluding diaryl/α,β-unsaturated/α-hetero) is 1. The van der Waals surface area contributed by atoms with Crippen molar-refractivity contribution in [2.45, 2.75) is 6.42 Å². The third kappa shape index (κ3) is 2.53. The molecule has 1 heterocycles. The van der Waals surface area contributed by atoms with Gasteiger partial charge in [0.25, 0.3) is 0 Å². The summed E-state index contributed by atoms with van der Waals surface area (Å²) in [5.74, 6) is -0.195. The number of rotatable bonds is 3. The summed E-state index contributed by atoms with van der Waals surface area (Å²) in [6, 6.07) is 3.99. The van der Waals surface area contributed by atoms with Gasteiger partial charge >= 0.3 is 0 Å². The molecule has 0 atom stereocenters. The number of carbonyl (C=O) groups excluding carboxylic acids is 1. The van der Waals surface area contributed by atoms with Crippen LogP contribution in [0.3, 0.4) is 0 Å². The molecule has 0 aliphatic heterocycles. The Morgan fingerprint density at radius 3 is 2.88 bits per heavy atom. The summed E-state index contributed by atoms with van der Waals surface area (Å²) >= 11 is 5.86. The number of aryl methyl sites for hydroxylation is 1. The maximum atomic E-state index is 12.8. The monoisotopic (exact) mass is 252 g/mol. The summed E-state index contributed by atoms with van der Waals surface area (Å²) in [7, 11) is 1.74. The van der Waals surface area contributed by atoms with Crippen molar-refractivity contribution in [2.24, 2.45) is 7.05 Å². The molecule has 0 amide bonds. The minimum atomic E-state index is -0.414. The Balaban J connectivity index is 2.22. The normalized spacial score (nSPS) is 10.5. The predicted molar refractivity (Wildman–Crippen MR) is 62.7 cm³/mol. The third-order valence-corrected chi connectivity index (χ3v) is 2.79. The van der Waals surface area contributed by atoms with Crippen LogP contribution in [-0.4, -0.2) is 15.3 Å². The standard InChI is InChI=1S/C12H10ClFN2O/c1-16-5-4-15-12(16)11(17)6-8-2-3-9(14)7-10(8)13/h2-5,7H,6H2,1H3.